The molecule has 0 aliphatic carbocycles. The number of benzene rings is 1. The third kappa shape index (κ3) is 1.77. The first-order chi connectivity index (χ1) is 7.24. The Morgan fingerprint density at radius 1 is 1.13 bits per heavy atom. The lowest BCUT2D eigenvalue weighted by Gasteiger charge is -2.07. The van der Waals surface area contributed by atoms with Crippen LogP contribution >= 0.6 is 0 Å². The molecule has 0 fully saturated rings. The SMILES string of the molecule is Cc1ccc(C)c2c1ccn2CCCO. The molecule has 0 aliphatic rings. The first-order valence-corrected chi connectivity index (χ1v) is 5.40. The van der Waals surface area contributed by atoms with Crippen molar-refractivity contribution >= 4 is 10.9 Å². The quantitative estimate of drug-likeness (QED) is 0.815. The Bertz CT molecular complexity index is 471. The molecule has 1 N–H and O–H groups in total. The van der Waals surface area contributed by atoms with Gasteiger partial charge in [0.2, 0.25) is 0 Å². The molecule has 0 saturated carbocycles. The number of nitrogens with zero attached hydrogens (tertiary/aromatic N) is 1. The average Bonchev–Trinajstić information content (AvgIpc) is 2.65. The number of hydrogen-bond donors (Lipinski definition) is 1. The highest BCUT2D eigenvalue weighted by atomic mass is 16.3. The molecule has 0 radical (unpaired) electrons. The fourth-order valence-corrected chi connectivity index (χ4v) is 2.08. The first kappa shape index (κ1) is 10.2. The fraction of sp³-hybridized carbons (Fsp3) is 0.385. The van der Waals surface area contributed by atoms with Gasteiger partial charge in [-0.3, -0.25) is 0 Å². The fourth-order valence-electron chi connectivity index (χ4n) is 2.08. The minimum absolute atomic E-state index is 0.255. The van der Waals surface area contributed by atoms with Crippen LogP contribution in [0, 0.1) is 13.8 Å². The van der Waals surface area contributed by atoms with Crippen molar-refractivity contribution in [3.8, 4) is 0 Å². The van der Waals surface area contributed by atoms with Crippen molar-refractivity contribution in [2.24, 2.45) is 0 Å². The monoisotopic (exact) mass is 203 g/mol. The number of hydrogen-bond acceptors (Lipinski definition) is 1. The van der Waals surface area contributed by atoms with Crippen LogP contribution in [0.4, 0.5) is 0 Å². The first-order valence-electron chi connectivity index (χ1n) is 5.40. The highest BCUT2D eigenvalue weighted by Crippen LogP contribution is 2.23. The van der Waals surface area contributed by atoms with E-state index in [0.717, 1.165) is 13.0 Å². The third-order valence-corrected chi connectivity index (χ3v) is 2.90. The third-order valence-electron chi connectivity index (χ3n) is 2.90. The van der Waals surface area contributed by atoms with Gasteiger partial charge < -0.3 is 9.67 Å². The molecule has 2 aromatic rings. The van der Waals surface area contributed by atoms with Crippen molar-refractivity contribution in [1.29, 1.82) is 0 Å². The molecule has 0 amide bonds. The Morgan fingerprint density at radius 3 is 2.60 bits per heavy atom. The van der Waals surface area contributed by atoms with Crippen LogP contribution in [-0.4, -0.2) is 16.3 Å². The molecule has 1 aromatic carbocycles. The molecule has 0 bridgehead atoms. The molecule has 2 heteroatoms. The Labute approximate surface area is 90.2 Å². The van der Waals surface area contributed by atoms with E-state index in [1.54, 1.807) is 0 Å². The topological polar surface area (TPSA) is 25.2 Å². The maximum absolute atomic E-state index is 8.85. The van der Waals surface area contributed by atoms with E-state index in [9.17, 15) is 0 Å². The van der Waals surface area contributed by atoms with E-state index < -0.39 is 0 Å². The van der Waals surface area contributed by atoms with E-state index >= 15 is 0 Å². The van der Waals surface area contributed by atoms with Gasteiger partial charge in [0.15, 0.2) is 0 Å². The number of fused-ring (bicyclic) bond motifs is 1. The Morgan fingerprint density at radius 2 is 1.87 bits per heavy atom. The molecular weight excluding hydrogens is 186 g/mol. The molecule has 2 rings (SSSR count). The summed E-state index contributed by atoms with van der Waals surface area (Å²) in [4.78, 5) is 0. The van der Waals surface area contributed by atoms with Gasteiger partial charge in [0.1, 0.15) is 0 Å². The van der Waals surface area contributed by atoms with E-state index in [2.05, 4.69) is 42.8 Å². The smallest absolute Gasteiger partial charge is 0.0512 e. The van der Waals surface area contributed by atoms with Crippen LogP contribution < -0.4 is 0 Å². The van der Waals surface area contributed by atoms with Crippen molar-refractivity contribution in [1.82, 2.24) is 4.57 Å². The minimum Gasteiger partial charge on any atom is -0.396 e. The molecule has 0 atom stereocenters. The highest BCUT2D eigenvalue weighted by Gasteiger charge is 2.05. The van der Waals surface area contributed by atoms with Gasteiger partial charge in [0, 0.05) is 24.7 Å². The van der Waals surface area contributed by atoms with E-state index in [1.807, 2.05) is 0 Å². The molecule has 0 aliphatic heterocycles. The van der Waals surface area contributed by atoms with Gasteiger partial charge in [-0.1, -0.05) is 12.1 Å². The van der Waals surface area contributed by atoms with Gasteiger partial charge in [-0.25, -0.2) is 0 Å². The zero-order valence-corrected chi connectivity index (χ0v) is 9.33. The van der Waals surface area contributed by atoms with Crippen LogP contribution in [0.15, 0.2) is 24.4 Å². The zero-order chi connectivity index (χ0) is 10.8. The van der Waals surface area contributed by atoms with Crippen LogP contribution in [0.1, 0.15) is 17.5 Å². The van der Waals surface area contributed by atoms with Crippen LogP contribution in [0.5, 0.6) is 0 Å². The Balaban J connectivity index is 2.53. The second-order valence-electron chi connectivity index (χ2n) is 4.05. The number of aliphatic hydroxyl groups is 1. The molecule has 0 spiro atoms. The van der Waals surface area contributed by atoms with E-state index in [0.29, 0.717) is 0 Å². The van der Waals surface area contributed by atoms with Gasteiger partial charge >= 0.3 is 0 Å². The van der Waals surface area contributed by atoms with Crippen LogP contribution in [0.3, 0.4) is 0 Å². The second-order valence-corrected chi connectivity index (χ2v) is 4.05. The molecule has 1 heterocycles. The molecule has 0 unspecified atom stereocenters. The zero-order valence-electron chi connectivity index (χ0n) is 9.33. The summed E-state index contributed by atoms with van der Waals surface area (Å²) in [5.74, 6) is 0. The van der Waals surface area contributed by atoms with E-state index in [4.69, 9.17) is 5.11 Å². The molecule has 1 aromatic heterocycles. The summed E-state index contributed by atoms with van der Waals surface area (Å²) in [7, 11) is 0. The maximum Gasteiger partial charge on any atom is 0.0512 e. The summed E-state index contributed by atoms with van der Waals surface area (Å²) in [5.41, 5.74) is 3.93. The summed E-state index contributed by atoms with van der Waals surface area (Å²) < 4.78 is 2.23. The van der Waals surface area contributed by atoms with Crippen molar-refractivity contribution in [2.75, 3.05) is 6.61 Å². The molecule has 2 nitrogen and oxygen atoms in total. The minimum atomic E-state index is 0.255. The van der Waals surface area contributed by atoms with Crippen molar-refractivity contribution in [3.63, 3.8) is 0 Å². The molecule has 0 saturated heterocycles. The highest BCUT2D eigenvalue weighted by molar-refractivity contribution is 5.86. The molecule has 15 heavy (non-hydrogen) atoms. The van der Waals surface area contributed by atoms with Gasteiger partial charge in [-0.2, -0.15) is 0 Å². The van der Waals surface area contributed by atoms with E-state index in [-0.39, 0.29) is 6.61 Å². The number of aliphatic hydroxyl groups excluding tert-OH is 1. The number of rotatable bonds is 3. The lowest BCUT2D eigenvalue weighted by molar-refractivity contribution is 0.280. The van der Waals surface area contributed by atoms with Gasteiger partial charge in [-0.05, 0) is 37.5 Å². The lowest BCUT2D eigenvalue weighted by Crippen LogP contribution is -1.99. The summed E-state index contributed by atoms with van der Waals surface area (Å²) in [6.07, 6.45) is 2.93. The van der Waals surface area contributed by atoms with E-state index in [1.165, 1.54) is 22.0 Å². The van der Waals surface area contributed by atoms with Gasteiger partial charge in [0.05, 0.1) is 5.52 Å². The Kier molecular flexibility index (Phi) is 2.78. The standard InChI is InChI=1S/C13H17NO/c1-10-4-5-11(2)13-12(10)6-8-14(13)7-3-9-15/h4-6,8,15H,3,7,9H2,1-2H3. The lowest BCUT2D eigenvalue weighted by atomic mass is 10.1. The molecular formula is C13H17NO. The summed E-state index contributed by atoms with van der Waals surface area (Å²) in [6, 6.07) is 6.48. The summed E-state index contributed by atoms with van der Waals surface area (Å²) in [6.45, 7) is 5.42. The predicted molar refractivity (Wildman–Crippen MR) is 63.1 cm³/mol. The van der Waals surface area contributed by atoms with Crippen molar-refractivity contribution in [2.45, 2.75) is 26.8 Å². The second kappa shape index (κ2) is 4.07. The normalized spacial score (nSPS) is 11.1. The van der Waals surface area contributed by atoms with Crippen LogP contribution in [-0.2, 0) is 6.54 Å². The molecule has 80 valence electrons. The average molecular weight is 203 g/mol. The van der Waals surface area contributed by atoms with Crippen LogP contribution in [0.2, 0.25) is 0 Å². The van der Waals surface area contributed by atoms with Crippen molar-refractivity contribution < 1.29 is 5.11 Å². The van der Waals surface area contributed by atoms with Crippen molar-refractivity contribution in [3.05, 3.63) is 35.5 Å². The number of aryl methyl sites for hydroxylation is 3. The summed E-state index contributed by atoms with van der Waals surface area (Å²) >= 11 is 0. The largest absolute Gasteiger partial charge is 0.396 e. The maximum atomic E-state index is 8.85. The van der Waals surface area contributed by atoms with Gasteiger partial charge in [0.25, 0.3) is 0 Å². The Hall–Kier alpha value is -1.28. The number of aromatic nitrogens is 1. The van der Waals surface area contributed by atoms with Crippen LogP contribution in [0.25, 0.3) is 10.9 Å². The predicted octanol–water partition coefficient (Wildman–Crippen LogP) is 2.64. The summed E-state index contributed by atoms with van der Waals surface area (Å²) in [5, 5.41) is 10.2. The van der Waals surface area contributed by atoms with Gasteiger partial charge in [-0.15, -0.1) is 0 Å².